The van der Waals surface area contributed by atoms with E-state index < -0.39 is 47.7 Å². The Morgan fingerprint density at radius 1 is 1.17 bits per heavy atom. The second-order valence-corrected chi connectivity index (χ2v) is 8.59. The van der Waals surface area contributed by atoms with Gasteiger partial charge in [0, 0.05) is 29.6 Å². The lowest BCUT2D eigenvalue weighted by molar-refractivity contribution is -0.149. The highest BCUT2D eigenvalue weighted by molar-refractivity contribution is 5.92. The van der Waals surface area contributed by atoms with Crippen molar-refractivity contribution in [3.8, 4) is 0 Å². The van der Waals surface area contributed by atoms with Gasteiger partial charge >= 0.3 is 17.9 Å². The Hall–Kier alpha value is -2.67. The molecular weight excluding hydrogens is 388 g/mol. The van der Waals surface area contributed by atoms with Crippen molar-refractivity contribution >= 4 is 17.9 Å². The van der Waals surface area contributed by atoms with Gasteiger partial charge in [-0.15, -0.1) is 0 Å². The van der Waals surface area contributed by atoms with Crippen molar-refractivity contribution in [1.29, 1.82) is 0 Å². The second kappa shape index (κ2) is 7.87. The smallest absolute Gasteiger partial charge is 0.334 e. The summed E-state index contributed by atoms with van der Waals surface area (Å²) in [5, 5.41) is 0. The number of rotatable bonds is 4. The maximum atomic E-state index is 12.3. The first-order valence-electron chi connectivity index (χ1n) is 9.92. The molecule has 6 atom stereocenters. The zero-order valence-electron chi connectivity index (χ0n) is 17.9. The van der Waals surface area contributed by atoms with Crippen LogP contribution in [0.5, 0.6) is 0 Å². The van der Waals surface area contributed by atoms with Crippen LogP contribution in [0.25, 0.3) is 0 Å². The summed E-state index contributed by atoms with van der Waals surface area (Å²) in [6.07, 6.45) is 0.405. The van der Waals surface area contributed by atoms with E-state index in [1.165, 1.54) is 0 Å². The molecule has 30 heavy (non-hydrogen) atoms. The molecule has 0 bridgehead atoms. The molecule has 2 heterocycles. The van der Waals surface area contributed by atoms with E-state index in [0.29, 0.717) is 24.0 Å². The monoisotopic (exact) mass is 416 g/mol. The lowest BCUT2D eigenvalue weighted by Crippen LogP contribution is -2.38. The standard InChI is InChI=1S/C23H28O7/c1-11(2)20(24)27-15-9-18-23(7,30-18)10-17(29-21(25)12(3)4)19-14(6)22(26)28-16(19)8-13(15)5/h8,15-19H,1,3,6,9-10H2,2,4-5,7H3/b13-8-/t15-,16-,17+,18+,19-,23+/m0/s1. The number of ether oxygens (including phenoxy) is 4. The number of carbonyl (C=O) groups excluding carboxylic acids is 3. The molecule has 2 aliphatic heterocycles. The number of epoxide rings is 1. The molecule has 3 aliphatic rings. The zero-order valence-corrected chi connectivity index (χ0v) is 17.9. The van der Waals surface area contributed by atoms with E-state index >= 15 is 0 Å². The molecule has 0 N–H and O–H groups in total. The largest absolute Gasteiger partial charge is 0.458 e. The fourth-order valence-electron chi connectivity index (χ4n) is 3.95. The number of esters is 3. The van der Waals surface area contributed by atoms with Crippen molar-refractivity contribution in [3.63, 3.8) is 0 Å². The molecule has 7 nitrogen and oxygen atoms in total. The van der Waals surface area contributed by atoms with E-state index in [-0.39, 0.29) is 17.3 Å². The molecule has 3 rings (SSSR count). The predicted molar refractivity (Wildman–Crippen MR) is 108 cm³/mol. The summed E-state index contributed by atoms with van der Waals surface area (Å²) in [7, 11) is 0. The Kier molecular flexibility index (Phi) is 5.78. The van der Waals surface area contributed by atoms with Gasteiger partial charge in [-0.25, -0.2) is 14.4 Å². The van der Waals surface area contributed by atoms with Crippen LogP contribution in [0.4, 0.5) is 0 Å². The van der Waals surface area contributed by atoms with Crippen molar-refractivity contribution in [2.75, 3.05) is 0 Å². The molecule has 0 saturated carbocycles. The number of carbonyl (C=O) groups is 3. The summed E-state index contributed by atoms with van der Waals surface area (Å²) in [5.41, 5.74) is 0.912. The molecule has 0 aromatic rings. The Labute approximate surface area is 176 Å². The van der Waals surface area contributed by atoms with Crippen LogP contribution in [0.15, 0.2) is 48.1 Å². The molecule has 7 heteroatoms. The van der Waals surface area contributed by atoms with Gasteiger partial charge in [-0.2, -0.15) is 0 Å². The maximum absolute atomic E-state index is 12.3. The molecular formula is C23H28O7. The van der Waals surface area contributed by atoms with Crippen LogP contribution < -0.4 is 0 Å². The average molecular weight is 416 g/mol. The molecule has 2 fully saturated rings. The first-order chi connectivity index (χ1) is 13.9. The minimum atomic E-state index is -0.696. The quantitative estimate of drug-likeness (QED) is 0.229. The van der Waals surface area contributed by atoms with Crippen LogP contribution in [0.2, 0.25) is 0 Å². The van der Waals surface area contributed by atoms with E-state index in [1.807, 2.05) is 6.92 Å². The van der Waals surface area contributed by atoms with Crippen molar-refractivity contribution < 1.29 is 33.3 Å². The highest BCUT2D eigenvalue weighted by atomic mass is 16.6. The van der Waals surface area contributed by atoms with E-state index in [1.54, 1.807) is 26.8 Å². The van der Waals surface area contributed by atoms with Crippen LogP contribution in [-0.2, 0) is 33.3 Å². The number of fused-ring (bicyclic) bond motifs is 2. The number of hydrogen-bond acceptors (Lipinski definition) is 7. The molecule has 0 radical (unpaired) electrons. The zero-order chi connectivity index (χ0) is 22.4. The van der Waals surface area contributed by atoms with Gasteiger partial charge in [0.05, 0.1) is 17.6 Å². The predicted octanol–water partition coefficient (Wildman–Crippen LogP) is 2.96. The topological polar surface area (TPSA) is 91.4 Å². The van der Waals surface area contributed by atoms with Gasteiger partial charge in [0.25, 0.3) is 0 Å². The van der Waals surface area contributed by atoms with Crippen LogP contribution in [0.1, 0.15) is 40.5 Å². The van der Waals surface area contributed by atoms with Gasteiger partial charge in [0.15, 0.2) is 0 Å². The Morgan fingerprint density at radius 3 is 2.37 bits per heavy atom. The van der Waals surface area contributed by atoms with Crippen molar-refractivity contribution in [3.05, 3.63) is 48.1 Å². The van der Waals surface area contributed by atoms with Crippen LogP contribution in [0, 0.1) is 5.92 Å². The fourth-order valence-corrected chi connectivity index (χ4v) is 3.95. The maximum Gasteiger partial charge on any atom is 0.334 e. The lowest BCUT2D eigenvalue weighted by Gasteiger charge is -2.29. The van der Waals surface area contributed by atoms with E-state index in [0.717, 1.165) is 0 Å². The van der Waals surface area contributed by atoms with Gasteiger partial charge < -0.3 is 18.9 Å². The number of hydrogen-bond donors (Lipinski definition) is 0. The second-order valence-electron chi connectivity index (χ2n) is 8.59. The molecule has 0 unspecified atom stereocenters. The summed E-state index contributed by atoms with van der Waals surface area (Å²) in [6.45, 7) is 18.0. The van der Waals surface area contributed by atoms with Crippen LogP contribution in [-0.4, -0.2) is 47.9 Å². The third kappa shape index (κ3) is 4.26. The summed E-state index contributed by atoms with van der Waals surface area (Å²) in [6, 6.07) is 0. The van der Waals surface area contributed by atoms with E-state index in [4.69, 9.17) is 18.9 Å². The Bertz CT molecular complexity index is 867. The lowest BCUT2D eigenvalue weighted by atomic mass is 9.82. The Balaban J connectivity index is 1.98. The average Bonchev–Trinajstić information content (AvgIpc) is 3.18. The fraction of sp³-hybridized carbons (Fsp3) is 0.522. The van der Waals surface area contributed by atoms with Gasteiger partial charge in [-0.3, -0.25) is 0 Å². The highest BCUT2D eigenvalue weighted by Gasteiger charge is 2.58. The SMILES string of the molecule is C=C(C)C(=O)O[C@H]1C[C@H]2O[C@]2(C)C[C@@H](OC(=O)C(=C)C)[C@H]2C(=C)C(=O)O[C@H]2/C=C\1C. The molecule has 1 aliphatic carbocycles. The minimum Gasteiger partial charge on any atom is -0.458 e. The molecule has 162 valence electrons. The molecule has 0 spiro atoms. The summed E-state index contributed by atoms with van der Waals surface area (Å²) >= 11 is 0. The van der Waals surface area contributed by atoms with E-state index in [9.17, 15) is 14.4 Å². The van der Waals surface area contributed by atoms with Crippen LogP contribution in [0.3, 0.4) is 0 Å². The van der Waals surface area contributed by atoms with E-state index in [2.05, 4.69) is 19.7 Å². The molecule has 0 aromatic heterocycles. The molecule has 0 amide bonds. The Morgan fingerprint density at radius 2 is 1.77 bits per heavy atom. The summed E-state index contributed by atoms with van der Waals surface area (Å²) in [5.74, 6) is -2.16. The van der Waals surface area contributed by atoms with Crippen molar-refractivity contribution in [1.82, 2.24) is 0 Å². The molecule has 2 saturated heterocycles. The van der Waals surface area contributed by atoms with Gasteiger partial charge in [-0.05, 0) is 39.3 Å². The third-order valence-electron chi connectivity index (χ3n) is 5.87. The normalized spacial score (nSPS) is 36.9. The summed E-state index contributed by atoms with van der Waals surface area (Å²) < 4.78 is 22.8. The first kappa shape index (κ1) is 22.0. The molecule has 0 aromatic carbocycles. The highest BCUT2D eigenvalue weighted by Crippen LogP contribution is 2.48. The summed E-state index contributed by atoms with van der Waals surface area (Å²) in [4.78, 5) is 36.7. The van der Waals surface area contributed by atoms with Gasteiger partial charge in [-0.1, -0.05) is 19.7 Å². The third-order valence-corrected chi connectivity index (χ3v) is 5.87. The van der Waals surface area contributed by atoms with Gasteiger partial charge in [0.2, 0.25) is 0 Å². The minimum absolute atomic E-state index is 0.197. The van der Waals surface area contributed by atoms with Crippen molar-refractivity contribution in [2.24, 2.45) is 5.92 Å². The first-order valence-corrected chi connectivity index (χ1v) is 9.92. The van der Waals surface area contributed by atoms with Crippen molar-refractivity contribution in [2.45, 2.75) is 70.6 Å². The van der Waals surface area contributed by atoms with Crippen LogP contribution >= 0.6 is 0 Å². The van der Waals surface area contributed by atoms with Gasteiger partial charge in [0.1, 0.15) is 18.3 Å².